The third-order valence-corrected chi connectivity index (χ3v) is 12.4. The third-order valence-electron chi connectivity index (χ3n) is 11.2. The van der Waals surface area contributed by atoms with Crippen LogP contribution in [0.5, 0.6) is 0 Å². The number of fused-ring (bicyclic) bond motifs is 7. The van der Waals surface area contributed by atoms with Crippen LogP contribution in [0.2, 0.25) is 0 Å². The molecular formula is C54H35NS. The van der Waals surface area contributed by atoms with Gasteiger partial charge in [-0.2, -0.15) is 0 Å². The van der Waals surface area contributed by atoms with Crippen LogP contribution in [-0.4, -0.2) is 0 Å². The van der Waals surface area contributed by atoms with Gasteiger partial charge in [0.15, 0.2) is 0 Å². The number of benzene rings is 10. The predicted octanol–water partition coefficient (Wildman–Crippen LogP) is 16.0. The number of hydrogen-bond acceptors (Lipinski definition) is 2. The molecule has 2 heteroatoms. The zero-order chi connectivity index (χ0) is 37.0. The van der Waals surface area contributed by atoms with Crippen LogP contribution in [0.25, 0.3) is 85.9 Å². The van der Waals surface area contributed by atoms with E-state index >= 15 is 0 Å². The van der Waals surface area contributed by atoms with Gasteiger partial charge in [-0.3, -0.25) is 0 Å². The lowest BCUT2D eigenvalue weighted by molar-refractivity contribution is 1.29. The van der Waals surface area contributed by atoms with Crippen molar-refractivity contribution >= 4 is 80.9 Å². The first-order valence-electron chi connectivity index (χ1n) is 19.2. The molecule has 1 aromatic heterocycles. The van der Waals surface area contributed by atoms with Crippen LogP contribution in [0.15, 0.2) is 212 Å². The average molecular weight is 730 g/mol. The Morgan fingerprint density at radius 1 is 0.286 bits per heavy atom. The summed E-state index contributed by atoms with van der Waals surface area (Å²) < 4.78 is 2.60. The summed E-state index contributed by atoms with van der Waals surface area (Å²) in [7, 11) is 0. The predicted molar refractivity (Wildman–Crippen MR) is 243 cm³/mol. The standard InChI is InChI=1S/C54H35NS/c1-2-11-38(12-3-1)49-31-26-42(47-19-10-15-37-13-4-6-16-45(37)47)34-52(49)55(44-29-32-54-51(35-44)50-18-8-9-20-53(50)56-54)43-27-23-36(24-28-43)40-25-30-48-41(33-40)22-21-39-14-5-7-17-46(39)48/h1-35H. The van der Waals surface area contributed by atoms with E-state index in [1.807, 2.05) is 11.3 Å². The Balaban J connectivity index is 1.11. The zero-order valence-corrected chi connectivity index (χ0v) is 31.4. The van der Waals surface area contributed by atoms with Gasteiger partial charge in [0.05, 0.1) is 5.69 Å². The second-order valence-electron chi connectivity index (χ2n) is 14.5. The number of thiophene rings is 1. The first-order chi connectivity index (χ1) is 27.7. The minimum Gasteiger partial charge on any atom is -0.310 e. The third kappa shape index (κ3) is 5.54. The molecule has 0 saturated carbocycles. The summed E-state index contributed by atoms with van der Waals surface area (Å²) in [5.41, 5.74) is 10.5. The van der Waals surface area contributed by atoms with Crippen LogP contribution >= 0.6 is 11.3 Å². The van der Waals surface area contributed by atoms with E-state index in [0.29, 0.717) is 0 Å². The highest BCUT2D eigenvalue weighted by molar-refractivity contribution is 7.25. The minimum atomic E-state index is 1.10. The summed E-state index contributed by atoms with van der Waals surface area (Å²) >= 11 is 1.86. The highest BCUT2D eigenvalue weighted by atomic mass is 32.1. The van der Waals surface area contributed by atoms with Crippen LogP contribution in [0.4, 0.5) is 17.1 Å². The van der Waals surface area contributed by atoms with E-state index in [9.17, 15) is 0 Å². The molecule has 0 radical (unpaired) electrons. The van der Waals surface area contributed by atoms with Gasteiger partial charge in [0.2, 0.25) is 0 Å². The Labute approximate surface area is 330 Å². The van der Waals surface area contributed by atoms with E-state index in [4.69, 9.17) is 0 Å². The Hall–Kier alpha value is -7.00. The molecule has 0 amide bonds. The van der Waals surface area contributed by atoms with Crippen molar-refractivity contribution in [2.45, 2.75) is 0 Å². The first-order valence-corrected chi connectivity index (χ1v) is 20.0. The molecule has 262 valence electrons. The molecular weight excluding hydrogens is 695 g/mol. The number of nitrogens with zero attached hydrogens (tertiary/aromatic N) is 1. The van der Waals surface area contributed by atoms with Crippen LogP contribution in [-0.2, 0) is 0 Å². The lowest BCUT2D eigenvalue weighted by Gasteiger charge is -2.29. The number of anilines is 3. The van der Waals surface area contributed by atoms with Gasteiger partial charge >= 0.3 is 0 Å². The summed E-state index contributed by atoms with van der Waals surface area (Å²) in [4.78, 5) is 2.46. The Morgan fingerprint density at radius 3 is 1.77 bits per heavy atom. The Kier molecular flexibility index (Phi) is 7.75. The van der Waals surface area contributed by atoms with E-state index in [2.05, 4.69) is 217 Å². The molecule has 0 unspecified atom stereocenters. The molecule has 0 atom stereocenters. The van der Waals surface area contributed by atoms with Crippen molar-refractivity contribution < 1.29 is 0 Å². The van der Waals surface area contributed by atoms with E-state index in [1.165, 1.54) is 85.9 Å². The Bertz CT molecular complexity index is 3240. The summed E-state index contributed by atoms with van der Waals surface area (Å²) in [5, 5.41) is 10.2. The highest BCUT2D eigenvalue weighted by Crippen LogP contribution is 2.46. The fourth-order valence-electron chi connectivity index (χ4n) is 8.50. The molecule has 0 aliphatic heterocycles. The van der Waals surface area contributed by atoms with Gasteiger partial charge in [-0.1, -0.05) is 164 Å². The molecule has 0 N–H and O–H groups in total. The quantitative estimate of drug-likeness (QED) is 0.154. The van der Waals surface area contributed by atoms with Gasteiger partial charge < -0.3 is 4.90 Å². The SMILES string of the molecule is c1ccc(-c2ccc(-c3cccc4ccccc34)cc2N(c2ccc(-c3ccc4c(ccc5ccccc54)c3)cc2)c2ccc3sc4ccccc4c3c2)cc1. The van der Waals surface area contributed by atoms with Crippen LogP contribution in [0.1, 0.15) is 0 Å². The maximum absolute atomic E-state index is 2.46. The van der Waals surface area contributed by atoms with Gasteiger partial charge in [0.1, 0.15) is 0 Å². The first kappa shape index (κ1) is 32.4. The maximum Gasteiger partial charge on any atom is 0.0546 e. The minimum absolute atomic E-state index is 1.10. The van der Waals surface area contributed by atoms with Gasteiger partial charge in [-0.15, -0.1) is 11.3 Å². The van der Waals surface area contributed by atoms with Crippen LogP contribution in [0.3, 0.4) is 0 Å². The summed E-state index contributed by atoms with van der Waals surface area (Å²) in [6.07, 6.45) is 0. The molecule has 0 bridgehead atoms. The smallest absolute Gasteiger partial charge is 0.0546 e. The monoisotopic (exact) mass is 729 g/mol. The molecule has 0 fully saturated rings. The molecule has 0 spiro atoms. The lowest BCUT2D eigenvalue weighted by atomic mass is 9.94. The summed E-state index contributed by atoms with van der Waals surface area (Å²) in [6.45, 7) is 0. The second-order valence-corrected chi connectivity index (χ2v) is 15.6. The maximum atomic E-state index is 2.46. The van der Waals surface area contributed by atoms with Crippen LogP contribution < -0.4 is 4.90 Å². The summed E-state index contributed by atoms with van der Waals surface area (Å²) in [5.74, 6) is 0. The molecule has 11 rings (SSSR count). The molecule has 1 heterocycles. The van der Waals surface area contributed by atoms with E-state index in [1.54, 1.807) is 0 Å². The topological polar surface area (TPSA) is 3.24 Å². The number of hydrogen-bond donors (Lipinski definition) is 0. The average Bonchev–Trinajstić information content (AvgIpc) is 3.65. The molecule has 10 aromatic carbocycles. The fourth-order valence-corrected chi connectivity index (χ4v) is 9.59. The van der Waals surface area contributed by atoms with Crippen molar-refractivity contribution in [2.75, 3.05) is 4.90 Å². The molecule has 0 saturated heterocycles. The van der Waals surface area contributed by atoms with Crippen molar-refractivity contribution in [3.8, 4) is 33.4 Å². The van der Waals surface area contributed by atoms with Gasteiger partial charge in [-0.05, 0) is 109 Å². The van der Waals surface area contributed by atoms with Crippen molar-refractivity contribution in [3.05, 3.63) is 212 Å². The van der Waals surface area contributed by atoms with Crippen molar-refractivity contribution in [2.24, 2.45) is 0 Å². The fraction of sp³-hybridized carbons (Fsp3) is 0. The van der Waals surface area contributed by atoms with Crippen LogP contribution in [0, 0.1) is 0 Å². The largest absolute Gasteiger partial charge is 0.310 e. The summed E-state index contributed by atoms with van der Waals surface area (Å²) in [6, 6.07) is 77.9. The molecule has 56 heavy (non-hydrogen) atoms. The lowest BCUT2D eigenvalue weighted by Crippen LogP contribution is -2.11. The van der Waals surface area contributed by atoms with Crippen molar-refractivity contribution in [1.82, 2.24) is 0 Å². The Morgan fingerprint density at radius 2 is 0.911 bits per heavy atom. The molecule has 11 aromatic rings. The van der Waals surface area contributed by atoms with Gasteiger partial charge in [0, 0.05) is 37.1 Å². The highest BCUT2D eigenvalue weighted by Gasteiger charge is 2.20. The molecule has 0 aliphatic rings. The number of rotatable bonds is 6. The van der Waals surface area contributed by atoms with E-state index < -0.39 is 0 Å². The normalized spacial score (nSPS) is 11.6. The molecule has 0 aliphatic carbocycles. The van der Waals surface area contributed by atoms with E-state index in [0.717, 1.165) is 17.1 Å². The van der Waals surface area contributed by atoms with Gasteiger partial charge in [-0.25, -0.2) is 0 Å². The van der Waals surface area contributed by atoms with E-state index in [-0.39, 0.29) is 0 Å². The molecule has 1 nitrogen and oxygen atoms in total. The van der Waals surface area contributed by atoms with Crippen molar-refractivity contribution in [3.63, 3.8) is 0 Å². The van der Waals surface area contributed by atoms with Crippen molar-refractivity contribution in [1.29, 1.82) is 0 Å². The second kappa shape index (κ2) is 13.4. The van der Waals surface area contributed by atoms with Gasteiger partial charge in [0.25, 0.3) is 0 Å². The zero-order valence-electron chi connectivity index (χ0n) is 30.6.